The maximum Gasteiger partial charge on any atom is 0.416 e. The number of rotatable bonds is 4. The van der Waals surface area contributed by atoms with E-state index in [0.29, 0.717) is 12.1 Å². The fraction of sp³-hybridized carbons (Fsp3) is 0.455. The molecule has 1 rings (SSSR count). The Bertz CT molecular complexity index is 625. The van der Waals surface area contributed by atoms with Crippen LogP contribution >= 0.6 is 0 Å². The summed E-state index contributed by atoms with van der Waals surface area (Å²) in [5.41, 5.74) is -2.31. The lowest BCUT2D eigenvalue weighted by atomic mass is 10.2. The van der Waals surface area contributed by atoms with Crippen LogP contribution in [0.5, 0.6) is 0 Å². The van der Waals surface area contributed by atoms with E-state index in [1.165, 1.54) is 6.92 Å². The van der Waals surface area contributed by atoms with Crippen LogP contribution in [-0.4, -0.2) is 18.6 Å². The van der Waals surface area contributed by atoms with Crippen molar-refractivity contribution in [2.75, 3.05) is 0 Å². The van der Waals surface area contributed by atoms with Crippen LogP contribution in [0.2, 0.25) is 0 Å². The Labute approximate surface area is 113 Å². The number of nitro groups is 1. The van der Waals surface area contributed by atoms with Gasteiger partial charge >= 0.3 is 6.18 Å². The van der Waals surface area contributed by atoms with E-state index in [9.17, 15) is 31.7 Å². The fourth-order valence-electron chi connectivity index (χ4n) is 1.51. The van der Waals surface area contributed by atoms with Crippen molar-refractivity contribution in [1.82, 2.24) is 0 Å². The van der Waals surface area contributed by atoms with Crippen LogP contribution in [0.25, 0.3) is 0 Å². The first-order valence-corrected chi connectivity index (χ1v) is 7.16. The zero-order chi connectivity index (χ0) is 15.7. The predicted molar refractivity (Wildman–Crippen MR) is 65.0 cm³/mol. The molecule has 0 N–H and O–H groups in total. The van der Waals surface area contributed by atoms with E-state index in [1.807, 2.05) is 0 Å². The molecule has 0 fully saturated rings. The second-order valence-corrected chi connectivity index (χ2v) is 6.54. The summed E-state index contributed by atoms with van der Waals surface area (Å²) < 4.78 is 61.7. The molecule has 0 saturated heterocycles. The van der Waals surface area contributed by atoms with Crippen molar-refractivity contribution < 1.29 is 26.5 Å². The smallest absolute Gasteiger partial charge is 0.258 e. The van der Waals surface area contributed by atoms with Crippen molar-refractivity contribution in [3.63, 3.8) is 0 Å². The van der Waals surface area contributed by atoms with Crippen LogP contribution in [0.1, 0.15) is 25.8 Å². The Kier molecular flexibility index (Phi) is 4.42. The van der Waals surface area contributed by atoms with Gasteiger partial charge < -0.3 is 0 Å². The third kappa shape index (κ3) is 3.09. The molecule has 0 radical (unpaired) electrons. The van der Waals surface area contributed by atoms with Gasteiger partial charge in [0.15, 0.2) is 9.84 Å². The minimum Gasteiger partial charge on any atom is -0.258 e. The summed E-state index contributed by atoms with van der Waals surface area (Å²) in [6.07, 6.45) is -4.58. The first-order valence-electron chi connectivity index (χ1n) is 5.61. The number of hydrogen-bond acceptors (Lipinski definition) is 4. The lowest BCUT2D eigenvalue weighted by Crippen LogP contribution is -2.19. The van der Waals surface area contributed by atoms with E-state index in [2.05, 4.69) is 0 Å². The molecule has 0 bridgehead atoms. The zero-order valence-electron chi connectivity index (χ0n) is 10.6. The fourth-order valence-corrected chi connectivity index (χ4v) is 3.07. The van der Waals surface area contributed by atoms with Gasteiger partial charge in [-0.3, -0.25) is 10.1 Å². The number of halogens is 3. The molecule has 9 heteroatoms. The van der Waals surface area contributed by atoms with Crippen molar-refractivity contribution in [3.05, 3.63) is 33.9 Å². The highest BCUT2D eigenvalue weighted by molar-refractivity contribution is 7.92. The Morgan fingerprint density at radius 3 is 2.30 bits per heavy atom. The van der Waals surface area contributed by atoms with Gasteiger partial charge in [-0.15, -0.1) is 0 Å². The third-order valence-corrected chi connectivity index (χ3v) is 5.25. The van der Waals surface area contributed by atoms with E-state index in [4.69, 9.17) is 0 Å². The molecule has 1 atom stereocenters. The van der Waals surface area contributed by atoms with Gasteiger partial charge in [0.1, 0.15) is 4.90 Å². The molecule has 0 aliphatic rings. The van der Waals surface area contributed by atoms with Crippen molar-refractivity contribution in [2.24, 2.45) is 0 Å². The van der Waals surface area contributed by atoms with E-state index in [-0.39, 0.29) is 12.5 Å². The third-order valence-electron chi connectivity index (χ3n) is 2.89. The largest absolute Gasteiger partial charge is 0.416 e. The Hall–Kier alpha value is -1.64. The first-order chi connectivity index (χ1) is 9.01. The minimum atomic E-state index is -4.77. The number of benzene rings is 1. The predicted octanol–water partition coefficient (Wildman–Crippen LogP) is 3.19. The maximum absolute atomic E-state index is 12.5. The zero-order valence-corrected chi connectivity index (χ0v) is 11.5. The number of hydrogen-bond donors (Lipinski definition) is 0. The molecular weight excluding hydrogens is 299 g/mol. The standard InChI is InChI=1S/C11H12F3NO4S/c1-3-7(2)20(18,19)10-5-4-8(11(12,13)14)6-9(10)15(16)17/h4-7H,3H2,1-2H3. The van der Waals surface area contributed by atoms with Gasteiger partial charge in [0.25, 0.3) is 5.69 Å². The average molecular weight is 311 g/mol. The Morgan fingerprint density at radius 2 is 1.90 bits per heavy atom. The molecule has 0 saturated carbocycles. The first kappa shape index (κ1) is 16.4. The van der Waals surface area contributed by atoms with Crippen molar-refractivity contribution in [1.29, 1.82) is 0 Å². The summed E-state index contributed by atoms with van der Waals surface area (Å²) in [7, 11) is -4.04. The molecule has 20 heavy (non-hydrogen) atoms. The van der Waals surface area contributed by atoms with Crippen LogP contribution < -0.4 is 0 Å². The van der Waals surface area contributed by atoms with Crippen LogP contribution in [0.15, 0.2) is 23.1 Å². The van der Waals surface area contributed by atoms with Gasteiger partial charge in [-0.05, 0) is 25.5 Å². The summed E-state index contributed by atoms with van der Waals surface area (Å²) in [6.45, 7) is 2.91. The van der Waals surface area contributed by atoms with Crippen molar-refractivity contribution in [2.45, 2.75) is 36.6 Å². The van der Waals surface area contributed by atoms with Crippen LogP contribution in [0, 0.1) is 10.1 Å². The van der Waals surface area contributed by atoms with Crippen molar-refractivity contribution >= 4 is 15.5 Å². The minimum absolute atomic E-state index is 0.195. The summed E-state index contributed by atoms with van der Waals surface area (Å²) in [4.78, 5) is 9.02. The summed E-state index contributed by atoms with van der Waals surface area (Å²) in [5.74, 6) is 0. The monoisotopic (exact) mass is 311 g/mol. The average Bonchev–Trinajstić information content (AvgIpc) is 2.35. The van der Waals surface area contributed by atoms with Crippen molar-refractivity contribution in [3.8, 4) is 0 Å². The van der Waals surface area contributed by atoms with Gasteiger partial charge in [0, 0.05) is 6.07 Å². The van der Waals surface area contributed by atoms with Gasteiger partial charge in [0.05, 0.1) is 15.7 Å². The van der Waals surface area contributed by atoms with Crippen LogP contribution in [0.4, 0.5) is 18.9 Å². The highest BCUT2D eigenvalue weighted by Crippen LogP contribution is 2.35. The molecule has 0 aromatic heterocycles. The van der Waals surface area contributed by atoms with E-state index >= 15 is 0 Å². The molecule has 0 amide bonds. The van der Waals surface area contributed by atoms with E-state index in [0.717, 1.165) is 0 Å². The highest BCUT2D eigenvalue weighted by Gasteiger charge is 2.36. The van der Waals surface area contributed by atoms with Crippen LogP contribution in [-0.2, 0) is 16.0 Å². The Balaban J connectivity index is 3.55. The molecule has 1 aromatic rings. The van der Waals surface area contributed by atoms with Crippen LogP contribution in [0.3, 0.4) is 0 Å². The maximum atomic E-state index is 12.5. The van der Waals surface area contributed by atoms with Gasteiger partial charge in [-0.1, -0.05) is 6.92 Å². The summed E-state index contributed by atoms with van der Waals surface area (Å²) >= 11 is 0. The van der Waals surface area contributed by atoms with E-state index in [1.54, 1.807) is 6.92 Å². The number of sulfone groups is 1. The Morgan fingerprint density at radius 1 is 1.35 bits per heavy atom. The highest BCUT2D eigenvalue weighted by atomic mass is 32.2. The van der Waals surface area contributed by atoms with Gasteiger partial charge in [-0.2, -0.15) is 13.2 Å². The van der Waals surface area contributed by atoms with Gasteiger partial charge in [0.2, 0.25) is 0 Å². The molecule has 112 valence electrons. The molecule has 0 aliphatic heterocycles. The normalized spacial score (nSPS) is 14.1. The van der Waals surface area contributed by atoms with E-state index < -0.39 is 42.3 Å². The van der Waals surface area contributed by atoms with Gasteiger partial charge in [-0.25, -0.2) is 8.42 Å². The number of nitrogens with zero attached hydrogens (tertiary/aromatic N) is 1. The molecule has 0 aliphatic carbocycles. The second-order valence-electron chi connectivity index (χ2n) is 4.20. The summed E-state index contributed by atoms with van der Waals surface area (Å²) in [5, 5.41) is 9.91. The molecule has 1 aromatic carbocycles. The summed E-state index contributed by atoms with van der Waals surface area (Å²) in [6, 6.07) is 1.42. The molecule has 5 nitrogen and oxygen atoms in total. The topological polar surface area (TPSA) is 77.3 Å². The number of alkyl halides is 3. The number of nitro benzene ring substituents is 1. The molecule has 1 unspecified atom stereocenters. The molecule has 0 heterocycles. The quantitative estimate of drug-likeness (QED) is 0.632. The second kappa shape index (κ2) is 5.39. The lowest BCUT2D eigenvalue weighted by Gasteiger charge is -2.12. The molecule has 0 spiro atoms. The lowest BCUT2D eigenvalue weighted by molar-refractivity contribution is -0.388. The SMILES string of the molecule is CCC(C)S(=O)(=O)c1ccc(C(F)(F)F)cc1[N+](=O)[O-]. The molecular formula is C11H12F3NO4S.